The molecular weight excluding hydrogens is 324 g/mol. The minimum Gasteiger partial charge on any atom is -0.396 e. The third-order valence-electron chi connectivity index (χ3n) is 4.14. The summed E-state index contributed by atoms with van der Waals surface area (Å²) < 4.78 is 0. The molecule has 6 heteroatoms. The summed E-state index contributed by atoms with van der Waals surface area (Å²) in [6.07, 6.45) is 7.60. The molecule has 146 valence electrons. The lowest BCUT2D eigenvalue weighted by Gasteiger charge is -2.42. The lowest BCUT2D eigenvalue weighted by atomic mass is 9.74. The minimum atomic E-state index is -1.27. The maximum absolute atomic E-state index is 10.5. The molecule has 0 spiro atoms. The van der Waals surface area contributed by atoms with E-state index in [0.717, 1.165) is 0 Å². The molecule has 0 saturated heterocycles. The van der Waals surface area contributed by atoms with Gasteiger partial charge in [-0.05, 0) is 25.7 Å². The Balaban J connectivity index is 0. The first kappa shape index (κ1) is 26.0. The van der Waals surface area contributed by atoms with Crippen LogP contribution in [0.15, 0.2) is 50.6 Å². The van der Waals surface area contributed by atoms with Crippen LogP contribution in [-0.4, -0.2) is 68.3 Å². The third kappa shape index (κ3) is 7.64. The smallest absolute Gasteiger partial charge is 0.101 e. The van der Waals surface area contributed by atoms with E-state index in [9.17, 15) is 10.2 Å². The first-order valence-electron chi connectivity index (χ1n) is 8.06. The van der Waals surface area contributed by atoms with E-state index in [1.54, 1.807) is 24.3 Å². The Kier molecular flexibility index (Phi) is 13.5. The highest BCUT2D eigenvalue weighted by Crippen LogP contribution is 2.36. The van der Waals surface area contributed by atoms with E-state index >= 15 is 0 Å². The highest BCUT2D eigenvalue weighted by atomic mass is 16.4. The fourth-order valence-corrected chi connectivity index (χ4v) is 2.18. The van der Waals surface area contributed by atoms with Crippen molar-refractivity contribution in [3.63, 3.8) is 0 Å². The second-order valence-electron chi connectivity index (χ2n) is 6.17. The molecule has 0 aliphatic heterocycles. The van der Waals surface area contributed by atoms with E-state index < -0.39 is 43.0 Å². The summed E-state index contributed by atoms with van der Waals surface area (Å²) >= 11 is 0. The summed E-state index contributed by atoms with van der Waals surface area (Å²) in [5.41, 5.74) is -3.64. The topological polar surface area (TPSA) is 121 Å². The van der Waals surface area contributed by atoms with Crippen LogP contribution in [0.4, 0.5) is 0 Å². The minimum absolute atomic E-state index is 0.303. The predicted molar refractivity (Wildman–Crippen MR) is 99.9 cm³/mol. The maximum Gasteiger partial charge on any atom is 0.101 e. The molecule has 0 bridgehead atoms. The molecule has 0 aromatic heterocycles. The monoisotopic (exact) mass is 358 g/mol. The molecule has 0 heterocycles. The molecule has 0 unspecified atom stereocenters. The summed E-state index contributed by atoms with van der Waals surface area (Å²) in [6, 6.07) is 0. The Morgan fingerprint density at radius 1 is 0.520 bits per heavy atom. The second kappa shape index (κ2) is 13.0. The number of hydrogen-bond acceptors (Lipinski definition) is 6. The standard InChI is InChI=1S/C14H22O2.C5H12O4/c1-5-9-13(15,10-6-2)14(16,11-7-3)12-8-4;6-1-5(2-7,3-8)4-9/h5-8,15-16H,1-4,9-12H2;6-9H,1-4H2. The lowest BCUT2D eigenvalue weighted by molar-refractivity contribution is -0.145. The SMILES string of the molecule is C=CCC(O)(CC=C)C(O)(CC=C)CC=C.OCC(CO)(CO)CO. The van der Waals surface area contributed by atoms with Gasteiger partial charge in [0.2, 0.25) is 0 Å². The largest absolute Gasteiger partial charge is 0.396 e. The van der Waals surface area contributed by atoms with Crippen molar-refractivity contribution in [3.8, 4) is 0 Å². The molecule has 25 heavy (non-hydrogen) atoms. The average molecular weight is 358 g/mol. The Morgan fingerprint density at radius 3 is 0.800 bits per heavy atom. The van der Waals surface area contributed by atoms with Gasteiger partial charge in [-0.15, -0.1) is 26.3 Å². The summed E-state index contributed by atoms with van der Waals surface area (Å²) in [4.78, 5) is 0. The van der Waals surface area contributed by atoms with Crippen LogP contribution in [0.3, 0.4) is 0 Å². The Hall–Kier alpha value is -1.28. The maximum atomic E-state index is 10.5. The first-order valence-corrected chi connectivity index (χ1v) is 8.06. The van der Waals surface area contributed by atoms with Gasteiger partial charge in [-0.3, -0.25) is 0 Å². The normalized spacial score (nSPS) is 11.9. The number of rotatable bonds is 13. The van der Waals surface area contributed by atoms with Gasteiger partial charge in [0.1, 0.15) is 11.2 Å². The summed E-state index contributed by atoms with van der Waals surface area (Å²) in [6.45, 7) is 12.8. The van der Waals surface area contributed by atoms with Gasteiger partial charge in [0.15, 0.2) is 0 Å². The van der Waals surface area contributed by atoms with Crippen LogP contribution >= 0.6 is 0 Å². The molecule has 0 aliphatic rings. The van der Waals surface area contributed by atoms with Gasteiger partial charge >= 0.3 is 0 Å². The molecule has 0 atom stereocenters. The van der Waals surface area contributed by atoms with Crippen LogP contribution in [0.5, 0.6) is 0 Å². The van der Waals surface area contributed by atoms with Gasteiger partial charge in [-0.25, -0.2) is 0 Å². The van der Waals surface area contributed by atoms with Crippen molar-refractivity contribution in [1.29, 1.82) is 0 Å². The van der Waals surface area contributed by atoms with Gasteiger partial charge < -0.3 is 30.6 Å². The highest BCUT2D eigenvalue weighted by molar-refractivity contribution is 5.09. The molecular formula is C19H34O6. The first-order chi connectivity index (χ1) is 11.7. The zero-order valence-electron chi connectivity index (χ0n) is 15.0. The van der Waals surface area contributed by atoms with Crippen LogP contribution in [-0.2, 0) is 0 Å². The van der Waals surface area contributed by atoms with Crippen molar-refractivity contribution in [1.82, 2.24) is 0 Å². The Bertz CT molecular complexity index is 335. The van der Waals surface area contributed by atoms with Crippen LogP contribution < -0.4 is 0 Å². The molecule has 0 amide bonds. The predicted octanol–water partition coefficient (Wildman–Crippen LogP) is 0.695. The van der Waals surface area contributed by atoms with Crippen LogP contribution in [0.2, 0.25) is 0 Å². The molecule has 0 aromatic rings. The molecule has 0 fully saturated rings. The quantitative estimate of drug-likeness (QED) is 0.270. The molecule has 0 rings (SSSR count). The molecule has 0 aliphatic carbocycles. The van der Waals surface area contributed by atoms with E-state index in [4.69, 9.17) is 20.4 Å². The summed E-state index contributed by atoms with van der Waals surface area (Å²) in [5.74, 6) is 0. The summed E-state index contributed by atoms with van der Waals surface area (Å²) in [7, 11) is 0. The van der Waals surface area contributed by atoms with E-state index in [1.165, 1.54) is 0 Å². The lowest BCUT2D eigenvalue weighted by Crippen LogP contribution is -2.53. The van der Waals surface area contributed by atoms with Gasteiger partial charge in [0, 0.05) is 0 Å². The third-order valence-corrected chi connectivity index (χ3v) is 4.14. The van der Waals surface area contributed by atoms with E-state index in [0.29, 0.717) is 25.7 Å². The molecule has 0 radical (unpaired) electrons. The number of aliphatic hydroxyl groups excluding tert-OH is 4. The molecule has 6 nitrogen and oxygen atoms in total. The van der Waals surface area contributed by atoms with Crippen molar-refractivity contribution >= 4 is 0 Å². The zero-order chi connectivity index (χ0) is 20.0. The van der Waals surface area contributed by atoms with Crippen LogP contribution in [0, 0.1) is 5.41 Å². The molecule has 6 N–H and O–H groups in total. The Labute approximate surface area is 150 Å². The van der Waals surface area contributed by atoms with Gasteiger partial charge in [-0.2, -0.15) is 0 Å². The van der Waals surface area contributed by atoms with Crippen molar-refractivity contribution in [3.05, 3.63) is 50.6 Å². The van der Waals surface area contributed by atoms with Crippen molar-refractivity contribution in [2.45, 2.75) is 36.9 Å². The fourth-order valence-electron chi connectivity index (χ4n) is 2.18. The van der Waals surface area contributed by atoms with Crippen molar-refractivity contribution in [2.75, 3.05) is 26.4 Å². The van der Waals surface area contributed by atoms with E-state index in [-0.39, 0.29) is 0 Å². The molecule has 0 aromatic carbocycles. The highest BCUT2D eigenvalue weighted by Gasteiger charge is 2.45. The van der Waals surface area contributed by atoms with Crippen LogP contribution in [0.25, 0.3) is 0 Å². The van der Waals surface area contributed by atoms with E-state index in [1.807, 2.05) is 0 Å². The zero-order valence-corrected chi connectivity index (χ0v) is 15.0. The van der Waals surface area contributed by atoms with Gasteiger partial charge in [0.25, 0.3) is 0 Å². The van der Waals surface area contributed by atoms with Crippen molar-refractivity contribution in [2.24, 2.45) is 5.41 Å². The Morgan fingerprint density at radius 2 is 0.720 bits per heavy atom. The van der Waals surface area contributed by atoms with Crippen LogP contribution in [0.1, 0.15) is 25.7 Å². The average Bonchev–Trinajstić information content (AvgIpc) is 2.59. The molecule has 0 saturated carbocycles. The second-order valence-corrected chi connectivity index (χ2v) is 6.17. The summed E-state index contributed by atoms with van der Waals surface area (Å²) in [5, 5.41) is 55.0. The van der Waals surface area contributed by atoms with E-state index in [2.05, 4.69) is 26.3 Å². The fraction of sp³-hybridized carbons (Fsp3) is 0.579. The van der Waals surface area contributed by atoms with Crippen molar-refractivity contribution < 1.29 is 30.6 Å². The number of hydrogen-bond donors (Lipinski definition) is 6. The van der Waals surface area contributed by atoms with Gasteiger partial charge in [0.05, 0.1) is 31.8 Å². The number of aliphatic hydroxyl groups is 6. The van der Waals surface area contributed by atoms with Gasteiger partial charge in [-0.1, -0.05) is 24.3 Å².